The van der Waals surface area contributed by atoms with Crippen LogP contribution in [0.1, 0.15) is 5.69 Å². The van der Waals surface area contributed by atoms with E-state index >= 15 is 0 Å². The predicted octanol–water partition coefficient (Wildman–Crippen LogP) is 3.98. The van der Waals surface area contributed by atoms with Gasteiger partial charge in [-0.1, -0.05) is 30.3 Å². The molecule has 0 amide bonds. The summed E-state index contributed by atoms with van der Waals surface area (Å²) >= 11 is 0. The fourth-order valence-electron chi connectivity index (χ4n) is 2.66. The van der Waals surface area contributed by atoms with Crippen LogP contribution in [0.15, 0.2) is 54.6 Å². The van der Waals surface area contributed by atoms with Crippen LogP contribution in [0.2, 0.25) is 0 Å². The van der Waals surface area contributed by atoms with Crippen molar-refractivity contribution in [3.05, 3.63) is 66.4 Å². The first-order chi connectivity index (χ1) is 10.3. The molecule has 0 unspecified atom stereocenters. The highest BCUT2D eigenvalue weighted by atomic mass is 16.7. The van der Waals surface area contributed by atoms with Crippen LogP contribution in [-0.2, 0) is 0 Å². The molecule has 0 atom stereocenters. The standard InChI is InChI=1S/C18H14NO2/c1-13-7-9-16(14-5-3-2-4-6-14)19(13)15-8-10-17-18(11-15)21-12-20-17/h2-6,8-11H,12H2,1H3. The lowest BCUT2D eigenvalue weighted by Crippen LogP contribution is -1.99. The first kappa shape index (κ1) is 12.1. The quantitative estimate of drug-likeness (QED) is 0.706. The number of aromatic nitrogens is 1. The second-order valence-corrected chi connectivity index (χ2v) is 5.00. The number of nitrogens with zero attached hydrogens (tertiary/aromatic N) is 1. The van der Waals surface area contributed by atoms with E-state index in [1.165, 1.54) is 5.56 Å². The number of hydrogen-bond donors (Lipinski definition) is 0. The largest absolute Gasteiger partial charge is 0.454 e. The predicted molar refractivity (Wildman–Crippen MR) is 80.9 cm³/mol. The van der Waals surface area contributed by atoms with Crippen molar-refractivity contribution in [2.45, 2.75) is 6.92 Å². The molecule has 2 aromatic carbocycles. The van der Waals surface area contributed by atoms with Crippen molar-refractivity contribution in [1.82, 2.24) is 4.57 Å². The van der Waals surface area contributed by atoms with Gasteiger partial charge < -0.3 is 14.0 Å². The summed E-state index contributed by atoms with van der Waals surface area (Å²) in [5.41, 5.74) is 4.40. The van der Waals surface area contributed by atoms with Crippen LogP contribution < -0.4 is 9.47 Å². The lowest BCUT2D eigenvalue weighted by atomic mass is 10.1. The van der Waals surface area contributed by atoms with Crippen molar-refractivity contribution < 1.29 is 9.47 Å². The summed E-state index contributed by atoms with van der Waals surface area (Å²) in [4.78, 5) is 0. The SMILES string of the molecule is Cc1[c]cc(-c2ccccc2)n1-c1ccc2c(c1)OCO2. The molecular weight excluding hydrogens is 262 g/mol. The van der Waals surface area contributed by atoms with Crippen molar-refractivity contribution in [1.29, 1.82) is 0 Å². The Kier molecular flexibility index (Phi) is 2.71. The highest BCUT2D eigenvalue weighted by Gasteiger charge is 2.16. The molecule has 0 bridgehead atoms. The number of hydrogen-bond acceptors (Lipinski definition) is 2. The Morgan fingerprint density at radius 1 is 1.00 bits per heavy atom. The third-order valence-corrected chi connectivity index (χ3v) is 3.68. The average molecular weight is 276 g/mol. The molecule has 0 saturated carbocycles. The summed E-state index contributed by atoms with van der Waals surface area (Å²) in [7, 11) is 0. The van der Waals surface area contributed by atoms with Crippen LogP contribution in [0, 0.1) is 13.0 Å². The van der Waals surface area contributed by atoms with Crippen LogP contribution >= 0.6 is 0 Å². The van der Waals surface area contributed by atoms with E-state index in [0.717, 1.165) is 28.6 Å². The Morgan fingerprint density at radius 2 is 1.81 bits per heavy atom. The maximum absolute atomic E-state index is 5.48. The van der Waals surface area contributed by atoms with Crippen molar-refractivity contribution in [3.8, 4) is 28.4 Å². The zero-order valence-electron chi connectivity index (χ0n) is 11.7. The van der Waals surface area contributed by atoms with Gasteiger partial charge in [0.05, 0.1) is 5.69 Å². The zero-order chi connectivity index (χ0) is 14.2. The number of aryl methyl sites for hydroxylation is 1. The minimum atomic E-state index is 0.293. The third kappa shape index (κ3) is 1.98. The summed E-state index contributed by atoms with van der Waals surface area (Å²) in [6.07, 6.45) is 0. The van der Waals surface area contributed by atoms with E-state index in [1.54, 1.807) is 0 Å². The molecule has 21 heavy (non-hydrogen) atoms. The molecule has 3 aromatic rings. The van der Waals surface area contributed by atoms with E-state index in [-0.39, 0.29) is 0 Å². The van der Waals surface area contributed by atoms with Crippen LogP contribution in [-0.4, -0.2) is 11.4 Å². The first-order valence-electron chi connectivity index (χ1n) is 6.88. The zero-order valence-corrected chi connectivity index (χ0v) is 11.7. The van der Waals surface area contributed by atoms with Gasteiger partial charge in [0.15, 0.2) is 11.5 Å². The van der Waals surface area contributed by atoms with Gasteiger partial charge >= 0.3 is 0 Å². The molecule has 1 aliphatic rings. The second kappa shape index (κ2) is 4.70. The fourth-order valence-corrected chi connectivity index (χ4v) is 2.66. The Balaban J connectivity index is 1.87. The summed E-state index contributed by atoms with van der Waals surface area (Å²) in [6.45, 7) is 2.35. The second-order valence-electron chi connectivity index (χ2n) is 5.00. The first-order valence-corrected chi connectivity index (χ1v) is 6.88. The monoisotopic (exact) mass is 276 g/mol. The lowest BCUT2D eigenvalue weighted by Gasteiger charge is -2.12. The van der Waals surface area contributed by atoms with Crippen LogP contribution in [0.5, 0.6) is 11.5 Å². The average Bonchev–Trinajstić information content (AvgIpc) is 3.13. The number of benzene rings is 2. The maximum atomic E-state index is 5.48. The molecule has 0 saturated heterocycles. The molecule has 0 spiro atoms. The highest BCUT2D eigenvalue weighted by Crippen LogP contribution is 2.35. The van der Waals surface area contributed by atoms with E-state index < -0.39 is 0 Å². The number of rotatable bonds is 2. The Morgan fingerprint density at radius 3 is 2.67 bits per heavy atom. The van der Waals surface area contributed by atoms with Gasteiger partial charge in [-0.05, 0) is 30.7 Å². The van der Waals surface area contributed by atoms with Gasteiger partial charge in [-0.25, -0.2) is 0 Å². The van der Waals surface area contributed by atoms with Crippen molar-refractivity contribution in [3.63, 3.8) is 0 Å². The summed E-state index contributed by atoms with van der Waals surface area (Å²) in [5, 5.41) is 0. The van der Waals surface area contributed by atoms with E-state index in [2.05, 4.69) is 29.7 Å². The van der Waals surface area contributed by atoms with Gasteiger partial charge in [-0.3, -0.25) is 0 Å². The topological polar surface area (TPSA) is 23.4 Å². The Bertz CT molecular complexity index is 790. The van der Waals surface area contributed by atoms with Gasteiger partial charge in [0, 0.05) is 23.5 Å². The summed E-state index contributed by atoms with van der Waals surface area (Å²) < 4.78 is 13.0. The third-order valence-electron chi connectivity index (χ3n) is 3.68. The maximum Gasteiger partial charge on any atom is 0.231 e. The van der Waals surface area contributed by atoms with Gasteiger partial charge in [0.25, 0.3) is 0 Å². The van der Waals surface area contributed by atoms with Crippen LogP contribution in [0.25, 0.3) is 16.9 Å². The molecule has 0 N–H and O–H groups in total. The highest BCUT2D eigenvalue weighted by molar-refractivity contribution is 5.65. The molecular formula is C18H14NO2. The van der Waals surface area contributed by atoms with E-state index in [9.17, 15) is 0 Å². The molecule has 0 aliphatic carbocycles. The fraction of sp³-hybridized carbons (Fsp3) is 0.111. The van der Waals surface area contributed by atoms with E-state index in [0.29, 0.717) is 6.79 Å². The summed E-state index contributed by atoms with van der Waals surface area (Å²) in [6, 6.07) is 21.6. The molecule has 3 heteroatoms. The molecule has 103 valence electrons. The van der Waals surface area contributed by atoms with Crippen LogP contribution in [0.3, 0.4) is 0 Å². The van der Waals surface area contributed by atoms with Gasteiger partial charge in [0.2, 0.25) is 6.79 Å². The van der Waals surface area contributed by atoms with Gasteiger partial charge in [-0.15, -0.1) is 0 Å². The normalized spacial score (nSPS) is 12.6. The van der Waals surface area contributed by atoms with Crippen molar-refractivity contribution >= 4 is 0 Å². The molecule has 1 radical (unpaired) electrons. The van der Waals surface area contributed by atoms with Gasteiger partial charge in [0.1, 0.15) is 0 Å². The van der Waals surface area contributed by atoms with Gasteiger partial charge in [-0.2, -0.15) is 0 Å². The molecule has 1 aliphatic heterocycles. The van der Waals surface area contributed by atoms with Crippen LogP contribution in [0.4, 0.5) is 0 Å². The Labute approximate surface area is 123 Å². The molecule has 4 rings (SSSR count). The minimum Gasteiger partial charge on any atom is -0.454 e. The Hall–Kier alpha value is -2.68. The van der Waals surface area contributed by atoms with E-state index in [1.807, 2.05) is 42.5 Å². The lowest BCUT2D eigenvalue weighted by molar-refractivity contribution is 0.174. The number of fused-ring (bicyclic) bond motifs is 1. The molecule has 3 nitrogen and oxygen atoms in total. The molecule has 0 fully saturated rings. The smallest absolute Gasteiger partial charge is 0.231 e. The van der Waals surface area contributed by atoms with Crippen molar-refractivity contribution in [2.24, 2.45) is 0 Å². The minimum absolute atomic E-state index is 0.293. The summed E-state index contributed by atoms with van der Waals surface area (Å²) in [5.74, 6) is 1.59. The molecule has 1 aromatic heterocycles. The molecule has 2 heterocycles. The van der Waals surface area contributed by atoms with E-state index in [4.69, 9.17) is 9.47 Å². The van der Waals surface area contributed by atoms with Crippen molar-refractivity contribution in [2.75, 3.05) is 6.79 Å². The number of ether oxygens (including phenoxy) is 2.